The minimum atomic E-state index is -0.274. The van der Waals surface area contributed by atoms with Gasteiger partial charge in [-0.05, 0) is 24.3 Å². The van der Waals surface area contributed by atoms with Crippen molar-refractivity contribution in [3.63, 3.8) is 0 Å². The van der Waals surface area contributed by atoms with E-state index < -0.39 is 0 Å². The minimum absolute atomic E-state index is 0.115. The number of carbonyl (C=O) groups excluding carboxylic acids is 1. The first-order valence-corrected chi connectivity index (χ1v) is 10.5. The fourth-order valence-corrected chi connectivity index (χ4v) is 4.76. The second-order valence-electron chi connectivity index (χ2n) is 7.91. The van der Waals surface area contributed by atoms with Gasteiger partial charge in [-0.25, -0.2) is 4.98 Å². The molecule has 7 nitrogen and oxygen atoms in total. The average Bonchev–Trinajstić information content (AvgIpc) is 3.39. The normalized spacial score (nSPS) is 12.2. The fraction of sp³-hybridized carbons (Fsp3) is 0.115. The summed E-state index contributed by atoms with van der Waals surface area (Å²) in [4.78, 5) is 35.4. The van der Waals surface area contributed by atoms with Crippen LogP contribution in [0.5, 0.6) is 11.5 Å². The molecule has 0 radical (unpaired) electrons. The summed E-state index contributed by atoms with van der Waals surface area (Å²) >= 11 is 0. The molecule has 7 heteroatoms. The van der Waals surface area contributed by atoms with E-state index in [-0.39, 0.29) is 17.9 Å². The molecule has 0 unspecified atom stereocenters. The van der Waals surface area contributed by atoms with Crippen LogP contribution in [0.15, 0.2) is 65.5 Å². The Morgan fingerprint density at radius 2 is 1.67 bits per heavy atom. The van der Waals surface area contributed by atoms with Crippen LogP contribution in [0.2, 0.25) is 0 Å². The molecule has 2 heterocycles. The van der Waals surface area contributed by atoms with Gasteiger partial charge in [-0.1, -0.05) is 36.4 Å². The van der Waals surface area contributed by atoms with Crippen molar-refractivity contribution in [2.45, 2.75) is 6.54 Å². The van der Waals surface area contributed by atoms with Crippen LogP contribution in [-0.4, -0.2) is 34.5 Å². The molecular formula is C26H19N3O4. The summed E-state index contributed by atoms with van der Waals surface area (Å²) in [7, 11) is 3.01. The number of rotatable bonds is 4. The standard InChI is InChI=1S/C26H19N3O4/c1-32-19-12-11-16-21-23(14-7-3-4-8-15(14)24(21)30)29(26(31)22(16)25(19)33-2)13-20-27-17-9-5-6-10-18(17)28-20/h3-12H,13H2,1-2H3,(H,27,28). The quantitative estimate of drug-likeness (QED) is 0.448. The molecule has 162 valence electrons. The molecule has 33 heavy (non-hydrogen) atoms. The lowest BCUT2D eigenvalue weighted by atomic mass is 10.0. The largest absolute Gasteiger partial charge is 0.493 e. The van der Waals surface area contributed by atoms with Crippen molar-refractivity contribution < 1.29 is 14.3 Å². The number of hydrogen-bond acceptors (Lipinski definition) is 5. The maximum absolute atomic E-state index is 13.9. The number of imidazole rings is 1. The van der Waals surface area contributed by atoms with Crippen LogP contribution < -0.4 is 15.0 Å². The Bertz CT molecular complexity index is 1630. The summed E-state index contributed by atoms with van der Waals surface area (Å²) in [5, 5.41) is 0.863. The molecular weight excluding hydrogens is 418 g/mol. The second kappa shape index (κ2) is 7.06. The van der Waals surface area contributed by atoms with E-state index in [1.807, 2.05) is 42.5 Å². The summed E-state index contributed by atoms with van der Waals surface area (Å²) in [6.45, 7) is 0.174. The van der Waals surface area contributed by atoms with Crippen molar-refractivity contribution in [2.24, 2.45) is 0 Å². The van der Waals surface area contributed by atoms with Gasteiger partial charge >= 0.3 is 0 Å². The van der Waals surface area contributed by atoms with Crippen molar-refractivity contribution in [1.82, 2.24) is 14.5 Å². The molecule has 0 atom stereocenters. The number of carbonyl (C=O) groups is 1. The molecule has 1 N–H and O–H groups in total. The van der Waals surface area contributed by atoms with E-state index >= 15 is 0 Å². The van der Waals surface area contributed by atoms with Gasteiger partial charge in [-0.15, -0.1) is 0 Å². The predicted octanol–water partition coefficient (Wildman–Crippen LogP) is 4.15. The Morgan fingerprint density at radius 1 is 0.909 bits per heavy atom. The Labute approximate surface area is 188 Å². The number of aromatic nitrogens is 3. The summed E-state index contributed by atoms with van der Waals surface area (Å²) in [6, 6.07) is 18.5. The topological polar surface area (TPSA) is 86.2 Å². The zero-order chi connectivity index (χ0) is 22.7. The number of pyridine rings is 1. The number of hydrogen-bond donors (Lipinski definition) is 1. The number of aromatic amines is 1. The van der Waals surface area contributed by atoms with E-state index in [1.165, 1.54) is 14.2 Å². The van der Waals surface area contributed by atoms with Crippen LogP contribution in [0.25, 0.3) is 33.1 Å². The maximum atomic E-state index is 13.9. The van der Waals surface area contributed by atoms with Crippen LogP contribution in [0, 0.1) is 0 Å². The highest BCUT2D eigenvalue weighted by Crippen LogP contribution is 2.43. The van der Waals surface area contributed by atoms with Gasteiger partial charge in [-0.3, -0.25) is 14.2 Å². The second-order valence-corrected chi connectivity index (χ2v) is 7.91. The van der Waals surface area contributed by atoms with Crippen LogP contribution in [0.1, 0.15) is 21.7 Å². The molecule has 0 aliphatic heterocycles. The van der Waals surface area contributed by atoms with Gasteiger partial charge in [0, 0.05) is 16.5 Å². The molecule has 5 aromatic rings. The Hall–Kier alpha value is -4.39. The SMILES string of the molecule is COc1ccc2c3c(n(Cc4nc5ccccc5[nH]4)c(=O)c2c1OC)-c1ccccc1C3=O. The van der Waals surface area contributed by atoms with Gasteiger partial charge in [0.25, 0.3) is 5.56 Å². The van der Waals surface area contributed by atoms with Gasteiger partial charge < -0.3 is 14.5 Å². The first-order chi connectivity index (χ1) is 16.1. The first kappa shape index (κ1) is 19.3. The molecule has 1 aliphatic carbocycles. The molecule has 0 saturated carbocycles. The molecule has 3 aromatic carbocycles. The summed E-state index contributed by atoms with van der Waals surface area (Å²) in [5.41, 5.74) is 3.82. The van der Waals surface area contributed by atoms with E-state index in [1.54, 1.807) is 22.8 Å². The van der Waals surface area contributed by atoms with Gasteiger partial charge in [0.05, 0.1) is 48.4 Å². The van der Waals surface area contributed by atoms with Gasteiger partial charge in [0.2, 0.25) is 0 Å². The average molecular weight is 437 g/mol. The number of methoxy groups -OCH3 is 2. The molecule has 0 fully saturated rings. The number of fused-ring (bicyclic) bond motifs is 6. The monoisotopic (exact) mass is 437 g/mol. The highest BCUT2D eigenvalue weighted by atomic mass is 16.5. The van der Waals surface area contributed by atoms with Crippen molar-refractivity contribution >= 4 is 27.6 Å². The smallest absolute Gasteiger partial charge is 0.263 e. The van der Waals surface area contributed by atoms with E-state index in [0.29, 0.717) is 44.9 Å². The minimum Gasteiger partial charge on any atom is -0.493 e. The molecule has 0 amide bonds. The number of ether oxygens (including phenoxy) is 2. The lowest BCUT2D eigenvalue weighted by Crippen LogP contribution is -2.25. The zero-order valence-corrected chi connectivity index (χ0v) is 18.0. The van der Waals surface area contributed by atoms with E-state index in [9.17, 15) is 9.59 Å². The molecule has 0 bridgehead atoms. The number of para-hydroxylation sites is 2. The van der Waals surface area contributed by atoms with Crippen molar-refractivity contribution in [2.75, 3.05) is 14.2 Å². The summed E-state index contributed by atoms with van der Waals surface area (Å²) in [5.74, 6) is 1.25. The molecule has 0 spiro atoms. The van der Waals surface area contributed by atoms with Crippen molar-refractivity contribution in [3.05, 3.63) is 88.0 Å². The molecule has 0 saturated heterocycles. The Balaban J connectivity index is 1.71. The number of ketones is 1. The Kier molecular flexibility index (Phi) is 4.13. The highest BCUT2D eigenvalue weighted by molar-refractivity contribution is 6.27. The number of nitrogens with zero attached hydrogens (tertiary/aromatic N) is 2. The summed E-state index contributed by atoms with van der Waals surface area (Å²) < 4.78 is 12.6. The molecule has 2 aromatic heterocycles. The van der Waals surface area contributed by atoms with Gasteiger partial charge in [-0.2, -0.15) is 0 Å². The molecule has 6 rings (SSSR count). The van der Waals surface area contributed by atoms with Crippen LogP contribution >= 0.6 is 0 Å². The van der Waals surface area contributed by atoms with Crippen LogP contribution in [0.3, 0.4) is 0 Å². The third-order valence-corrected chi connectivity index (χ3v) is 6.18. The molecule has 1 aliphatic rings. The van der Waals surface area contributed by atoms with Gasteiger partial charge in [0.1, 0.15) is 5.82 Å². The van der Waals surface area contributed by atoms with Crippen molar-refractivity contribution in [3.8, 4) is 22.8 Å². The van der Waals surface area contributed by atoms with E-state index in [0.717, 1.165) is 16.6 Å². The number of benzene rings is 3. The maximum Gasteiger partial charge on any atom is 0.263 e. The van der Waals surface area contributed by atoms with Crippen molar-refractivity contribution in [1.29, 1.82) is 0 Å². The van der Waals surface area contributed by atoms with E-state index in [4.69, 9.17) is 9.47 Å². The Morgan fingerprint density at radius 3 is 2.42 bits per heavy atom. The highest BCUT2D eigenvalue weighted by Gasteiger charge is 2.34. The van der Waals surface area contributed by atoms with Gasteiger partial charge in [0.15, 0.2) is 17.3 Å². The number of nitrogens with one attached hydrogen (secondary N) is 1. The summed E-state index contributed by atoms with van der Waals surface area (Å²) in [6.07, 6.45) is 0. The lowest BCUT2D eigenvalue weighted by Gasteiger charge is -2.17. The van der Waals surface area contributed by atoms with Crippen LogP contribution in [-0.2, 0) is 6.54 Å². The lowest BCUT2D eigenvalue weighted by molar-refractivity contribution is 0.104. The third kappa shape index (κ3) is 2.65. The third-order valence-electron chi connectivity index (χ3n) is 6.18. The van der Waals surface area contributed by atoms with E-state index in [2.05, 4.69) is 9.97 Å². The van der Waals surface area contributed by atoms with Crippen LogP contribution in [0.4, 0.5) is 0 Å². The fourth-order valence-electron chi connectivity index (χ4n) is 4.76. The number of H-pyrrole nitrogens is 1. The zero-order valence-electron chi connectivity index (χ0n) is 18.0. The predicted molar refractivity (Wildman–Crippen MR) is 125 cm³/mol. The first-order valence-electron chi connectivity index (χ1n) is 10.5.